The zero-order valence-corrected chi connectivity index (χ0v) is 31.6. The molecule has 22 heteroatoms. The summed E-state index contributed by atoms with van der Waals surface area (Å²) < 4.78 is 0. The summed E-state index contributed by atoms with van der Waals surface area (Å²) in [6, 6.07) is 2.51. The van der Waals surface area contributed by atoms with Crippen molar-refractivity contribution in [3.63, 3.8) is 0 Å². The summed E-state index contributed by atoms with van der Waals surface area (Å²) >= 11 is 0. The number of carboxylic acids is 1. The van der Waals surface area contributed by atoms with Crippen LogP contribution < -0.4 is 60.2 Å². The summed E-state index contributed by atoms with van der Waals surface area (Å²) in [6.07, 6.45) is -0.342. The number of hydrogen-bond donors (Lipinski definition) is 12. The Labute approximate surface area is 323 Å². The van der Waals surface area contributed by atoms with Crippen LogP contribution in [0.15, 0.2) is 35.3 Å². The second kappa shape index (κ2) is 24.9. The molecule has 0 aliphatic rings. The predicted octanol–water partition coefficient (Wildman–Crippen LogP) is -5.08. The van der Waals surface area contributed by atoms with Crippen molar-refractivity contribution < 1.29 is 48.3 Å². The number of aliphatic imine (C=N–C) groups is 1. The van der Waals surface area contributed by atoms with Crippen LogP contribution in [0.5, 0.6) is 0 Å². The Morgan fingerprint density at radius 3 is 1.70 bits per heavy atom. The van der Waals surface area contributed by atoms with Crippen molar-refractivity contribution >= 4 is 59.2 Å². The molecule has 0 aliphatic heterocycles. The van der Waals surface area contributed by atoms with Gasteiger partial charge in [0.15, 0.2) is 5.96 Å². The molecule has 310 valence electrons. The Hall–Kier alpha value is -6.32. The first-order chi connectivity index (χ1) is 26.3. The van der Waals surface area contributed by atoms with Crippen LogP contribution in [0.25, 0.3) is 0 Å². The topological polar surface area (TPSA) is 375 Å². The zero-order chi connectivity index (χ0) is 42.4. The highest BCUT2D eigenvalue weighted by atomic mass is 16.4. The van der Waals surface area contributed by atoms with Crippen LogP contribution in [0.3, 0.4) is 0 Å². The number of nitrogens with two attached hydrogens (primary N) is 4. The van der Waals surface area contributed by atoms with E-state index in [0.29, 0.717) is 5.56 Å². The molecule has 0 radical (unpaired) electrons. The molecule has 0 bridgehead atoms. The molecular weight excluding hydrogens is 736 g/mol. The molecule has 1 aromatic rings. The van der Waals surface area contributed by atoms with Gasteiger partial charge in [0.1, 0.15) is 30.7 Å². The van der Waals surface area contributed by atoms with Crippen LogP contribution >= 0.6 is 0 Å². The second-order valence-electron chi connectivity index (χ2n) is 13.1. The van der Waals surface area contributed by atoms with Gasteiger partial charge < -0.3 is 65.3 Å². The minimum absolute atomic E-state index is 0.00734. The number of benzene rings is 1. The molecule has 0 aromatic heterocycles. The summed E-state index contributed by atoms with van der Waals surface area (Å²) in [5, 5.41) is 25.4. The highest BCUT2D eigenvalue weighted by molar-refractivity contribution is 5.97. The van der Waals surface area contributed by atoms with Crippen LogP contribution in [0.4, 0.5) is 0 Å². The van der Waals surface area contributed by atoms with Crippen LogP contribution in [0, 0.1) is 5.92 Å². The molecule has 0 heterocycles. The van der Waals surface area contributed by atoms with Gasteiger partial charge in [0, 0.05) is 13.0 Å². The third-order valence-corrected chi connectivity index (χ3v) is 7.58. The molecule has 0 saturated carbocycles. The van der Waals surface area contributed by atoms with E-state index in [1.54, 1.807) is 44.2 Å². The van der Waals surface area contributed by atoms with Gasteiger partial charge in [0.25, 0.3) is 0 Å². The van der Waals surface area contributed by atoms with E-state index in [2.05, 4.69) is 42.2 Å². The molecule has 1 rings (SSSR count). The Bertz CT molecular complexity index is 1570. The maximum Gasteiger partial charge on any atom is 0.322 e. The van der Waals surface area contributed by atoms with E-state index < -0.39 is 109 Å². The van der Waals surface area contributed by atoms with Gasteiger partial charge in [-0.1, -0.05) is 44.2 Å². The zero-order valence-electron chi connectivity index (χ0n) is 31.6. The number of nitrogens with one attached hydrogen (secondary N) is 7. The van der Waals surface area contributed by atoms with Crippen molar-refractivity contribution in [2.24, 2.45) is 33.8 Å². The molecule has 0 unspecified atom stereocenters. The fourth-order valence-corrected chi connectivity index (χ4v) is 4.88. The maximum absolute atomic E-state index is 13.3. The van der Waals surface area contributed by atoms with Gasteiger partial charge in [0.2, 0.25) is 47.3 Å². The van der Waals surface area contributed by atoms with E-state index in [-0.39, 0.29) is 44.1 Å². The van der Waals surface area contributed by atoms with Crippen LogP contribution in [0.1, 0.15) is 52.0 Å². The third-order valence-electron chi connectivity index (χ3n) is 7.58. The number of aliphatic carboxylic acids is 1. The number of amides is 8. The van der Waals surface area contributed by atoms with E-state index in [1.165, 1.54) is 6.92 Å². The first kappa shape index (κ1) is 47.7. The molecule has 56 heavy (non-hydrogen) atoms. The summed E-state index contributed by atoms with van der Waals surface area (Å²) in [4.78, 5) is 117. The summed E-state index contributed by atoms with van der Waals surface area (Å²) in [7, 11) is 0. The average molecular weight is 791 g/mol. The van der Waals surface area contributed by atoms with Gasteiger partial charge >= 0.3 is 5.97 Å². The van der Waals surface area contributed by atoms with Crippen molar-refractivity contribution in [2.75, 3.05) is 26.2 Å². The molecule has 22 nitrogen and oxygen atoms in total. The Morgan fingerprint density at radius 1 is 0.661 bits per heavy atom. The molecule has 8 amide bonds. The SMILES string of the molecule is CC(C)C[C@H](NC(=O)CNC(=O)[C@H](CCCN=C(N)N)NC(=O)CNC(=O)[C@H](CC(N)=O)NC(=O)[C@H](Cc1ccccc1)NC(=O)[C@H](C)N)C(=O)NCC(=O)O. The van der Waals surface area contributed by atoms with Gasteiger partial charge in [-0.2, -0.15) is 0 Å². The lowest BCUT2D eigenvalue weighted by molar-refractivity contribution is -0.138. The normalized spacial score (nSPS) is 13.3. The predicted molar refractivity (Wildman–Crippen MR) is 201 cm³/mol. The number of carbonyl (C=O) groups is 9. The molecular formula is C34H54N12O10. The first-order valence-corrected chi connectivity index (χ1v) is 17.7. The van der Waals surface area contributed by atoms with Gasteiger partial charge in [-0.05, 0) is 37.7 Å². The van der Waals surface area contributed by atoms with Crippen molar-refractivity contribution in [3.05, 3.63) is 35.9 Å². The first-order valence-electron chi connectivity index (χ1n) is 17.7. The lowest BCUT2D eigenvalue weighted by Gasteiger charge is -2.23. The molecule has 0 spiro atoms. The third kappa shape index (κ3) is 20.2. The highest BCUT2D eigenvalue weighted by Gasteiger charge is 2.30. The number of carboxylic acid groups (broad SMARTS) is 1. The Morgan fingerprint density at radius 2 is 1.18 bits per heavy atom. The monoisotopic (exact) mass is 790 g/mol. The number of rotatable bonds is 25. The van der Waals surface area contributed by atoms with Gasteiger partial charge in [-0.3, -0.25) is 48.1 Å². The number of hydrogen-bond acceptors (Lipinski definition) is 11. The fraction of sp³-hybridized carbons (Fsp3) is 0.529. The van der Waals surface area contributed by atoms with Crippen LogP contribution in [0.2, 0.25) is 0 Å². The van der Waals surface area contributed by atoms with Gasteiger partial charge in [-0.15, -0.1) is 0 Å². The molecule has 0 fully saturated rings. The molecule has 0 aliphatic carbocycles. The average Bonchev–Trinajstić information content (AvgIpc) is 3.11. The lowest BCUT2D eigenvalue weighted by atomic mass is 10.0. The minimum atomic E-state index is -1.57. The van der Waals surface area contributed by atoms with E-state index in [9.17, 15) is 43.2 Å². The molecule has 5 atom stereocenters. The van der Waals surface area contributed by atoms with Crippen LogP contribution in [-0.2, 0) is 49.6 Å². The van der Waals surface area contributed by atoms with E-state index in [4.69, 9.17) is 28.0 Å². The summed E-state index contributed by atoms with van der Waals surface area (Å²) in [6.45, 7) is 3.03. The Kier molecular flexibility index (Phi) is 21.2. The van der Waals surface area contributed by atoms with E-state index >= 15 is 0 Å². The standard InChI is InChI=1S/C34H54N12O10/c1-18(2)12-22(31(54)42-17-28(50)51)44-27(49)16-40-30(53)21(10-7-11-39-34(37)38)43-26(48)15-41-32(55)24(14-25(36)47)46-33(56)23(45-29(52)19(3)35)13-20-8-5-4-6-9-20/h4-6,8-9,18-19,21-24H,7,10-17,35H2,1-3H3,(H2,36,47)(H,40,53)(H,41,55)(H,42,54)(H,43,48)(H,44,49)(H,45,52)(H,46,56)(H,50,51)(H4,37,38,39)/t19-,21-,22-,23-,24-/m0/s1. The minimum Gasteiger partial charge on any atom is -0.480 e. The number of guanidine groups is 1. The summed E-state index contributed by atoms with van der Waals surface area (Å²) in [5.74, 6) is -8.22. The largest absolute Gasteiger partial charge is 0.480 e. The quantitative estimate of drug-likeness (QED) is 0.0251. The smallest absolute Gasteiger partial charge is 0.322 e. The van der Waals surface area contributed by atoms with Crippen molar-refractivity contribution in [1.82, 2.24) is 37.2 Å². The highest BCUT2D eigenvalue weighted by Crippen LogP contribution is 2.07. The Balaban J connectivity index is 3.01. The molecule has 0 saturated heterocycles. The van der Waals surface area contributed by atoms with Crippen molar-refractivity contribution in [2.45, 2.75) is 83.1 Å². The lowest BCUT2D eigenvalue weighted by Crippen LogP contribution is -2.57. The van der Waals surface area contributed by atoms with E-state index in [0.717, 1.165) is 0 Å². The fourth-order valence-electron chi connectivity index (χ4n) is 4.88. The van der Waals surface area contributed by atoms with Crippen molar-refractivity contribution in [1.29, 1.82) is 0 Å². The van der Waals surface area contributed by atoms with Gasteiger partial charge in [0.05, 0.1) is 25.6 Å². The number of nitrogens with zero attached hydrogens (tertiary/aromatic N) is 1. The van der Waals surface area contributed by atoms with Crippen molar-refractivity contribution in [3.8, 4) is 0 Å². The number of primary amides is 1. The maximum atomic E-state index is 13.3. The summed E-state index contributed by atoms with van der Waals surface area (Å²) in [5.41, 5.74) is 22.3. The number of carbonyl (C=O) groups excluding carboxylic acids is 8. The van der Waals surface area contributed by atoms with Gasteiger partial charge in [-0.25, -0.2) is 0 Å². The van der Waals surface area contributed by atoms with E-state index in [1.807, 2.05) is 0 Å². The van der Waals surface area contributed by atoms with Crippen LogP contribution in [-0.4, -0.2) is 121 Å². The molecule has 1 aromatic carbocycles. The second-order valence-corrected chi connectivity index (χ2v) is 13.1. The molecule has 16 N–H and O–H groups in total.